The summed E-state index contributed by atoms with van der Waals surface area (Å²) in [6.45, 7) is 0. The van der Waals surface area contributed by atoms with E-state index in [1.807, 2.05) is 12.1 Å². The summed E-state index contributed by atoms with van der Waals surface area (Å²) in [5.41, 5.74) is 0. The molecule has 2 aromatic rings. The van der Waals surface area contributed by atoms with Gasteiger partial charge in [0.2, 0.25) is 0 Å². The first-order valence-electron chi connectivity index (χ1n) is 9.16. The molecule has 2 fully saturated rings. The van der Waals surface area contributed by atoms with Gasteiger partial charge in [0, 0.05) is 25.5 Å². The van der Waals surface area contributed by atoms with Crippen LogP contribution in [0.4, 0.5) is 0 Å². The maximum Gasteiger partial charge on any atom is 0.0367 e. The first-order chi connectivity index (χ1) is 11.1. The quantitative estimate of drug-likeness (QED) is 0.705. The highest BCUT2D eigenvalue weighted by atomic mass is 32.1. The fraction of sp³-hybridized carbons (Fsp3) is 0.500. The number of rotatable bonds is 2. The molecule has 4 rings (SSSR count). The first kappa shape index (κ1) is 9.14. The highest BCUT2D eigenvalue weighted by molar-refractivity contribution is 7.77. The van der Waals surface area contributed by atoms with E-state index < -0.39 is 15.8 Å². The highest BCUT2D eigenvalue weighted by Crippen LogP contribution is 2.51. The number of thiophene rings is 1. The normalized spacial score (nSPS) is 45.9. The molecule has 6 atom stereocenters. The van der Waals surface area contributed by atoms with Crippen LogP contribution in [-0.2, 0) is 0 Å². The van der Waals surface area contributed by atoms with E-state index in [0.29, 0.717) is 0 Å². The van der Waals surface area contributed by atoms with Crippen LogP contribution in [0.25, 0.3) is 10.1 Å². The van der Waals surface area contributed by atoms with E-state index in [2.05, 4.69) is 12.1 Å². The molecule has 2 aliphatic heterocycles. The first-order valence-corrected chi connectivity index (χ1v) is 10.6. The maximum atomic E-state index is 8.47. The van der Waals surface area contributed by atoms with Gasteiger partial charge in [0.1, 0.15) is 0 Å². The lowest BCUT2D eigenvalue weighted by Gasteiger charge is -2.16. The van der Waals surface area contributed by atoms with Crippen LogP contribution >= 0.6 is 27.2 Å². The van der Waals surface area contributed by atoms with Crippen molar-refractivity contribution in [2.45, 2.75) is 25.7 Å². The molecule has 3 heterocycles. The second-order valence-electron chi connectivity index (χ2n) is 4.95. The van der Waals surface area contributed by atoms with Crippen molar-refractivity contribution in [2.24, 2.45) is 0 Å². The topological polar surface area (TPSA) is 0 Å². The molecular weight excluding hydrogens is 286 g/mol. The molecule has 100 valence electrons. The van der Waals surface area contributed by atoms with E-state index in [1.165, 1.54) is 20.0 Å². The largest absolute Gasteiger partial charge is 0.135 e. The third-order valence-electron chi connectivity index (χ3n) is 3.68. The Balaban J connectivity index is 1.92. The fourth-order valence-electron chi connectivity index (χ4n) is 2.80. The highest BCUT2D eigenvalue weighted by Gasteiger charge is 2.28. The Morgan fingerprint density at radius 2 is 1.53 bits per heavy atom. The Labute approximate surface area is 127 Å². The predicted molar refractivity (Wildman–Crippen MR) is 92.9 cm³/mol. The molecule has 2 aliphatic rings. The molecule has 19 heavy (non-hydrogen) atoms. The third kappa shape index (κ3) is 2.29. The summed E-state index contributed by atoms with van der Waals surface area (Å²) < 4.78 is 36.2. The molecule has 0 aliphatic carbocycles. The SMILES string of the molecule is [3H]C1CC[C@@H]([3H])P1c1sc2ccccc2c1P1C([3H])CC[C@H]1[3H]. The van der Waals surface area contributed by atoms with E-state index in [-0.39, 0.29) is 24.6 Å². The number of hydrogen-bond acceptors (Lipinski definition) is 1. The number of benzene rings is 1. The van der Waals surface area contributed by atoms with Gasteiger partial charge in [-0.2, -0.15) is 0 Å². The molecule has 0 radical (unpaired) electrons. The van der Waals surface area contributed by atoms with Crippen LogP contribution in [0.15, 0.2) is 24.3 Å². The molecule has 0 nitrogen and oxygen atoms in total. The van der Waals surface area contributed by atoms with E-state index in [0.717, 1.165) is 25.7 Å². The minimum Gasteiger partial charge on any atom is -0.135 e. The molecule has 3 heteroatoms. The van der Waals surface area contributed by atoms with Crippen molar-refractivity contribution in [2.75, 3.05) is 24.6 Å². The zero-order valence-electron chi connectivity index (χ0n) is 14.7. The van der Waals surface area contributed by atoms with Crippen molar-refractivity contribution in [3.63, 3.8) is 0 Å². The van der Waals surface area contributed by atoms with E-state index >= 15 is 0 Å². The van der Waals surface area contributed by atoms with Crippen molar-refractivity contribution in [1.29, 1.82) is 0 Å². The van der Waals surface area contributed by atoms with E-state index in [9.17, 15) is 0 Å². The summed E-state index contributed by atoms with van der Waals surface area (Å²) in [5, 5.41) is 2.45. The van der Waals surface area contributed by atoms with Crippen LogP contribution in [0.2, 0.25) is 0 Å². The Morgan fingerprint density at radius 3 is 2.26 bits per heavy atom. The molecule has 0 spiro atoms. The van der Waals surface area contributed by atoms with Crippen LogP contribution in [0.1, 0.15) is 31.2 Å². The van der Waals surface area contributed by atoms with E-state index in [1.54, 1.807) is 11.3 Å². The molecular formula is C16H20P2S. The lowest BCUT2D eigenvalue weighted by atomic mass is 10.3. The molecule has 0 N–H and O–H groups in total. The lowest BCUT2D eigenvalue weighted by Crippen LogP contribution is -2.18. The summed E-state index contributed by atoms with van der Waals surface area (Å²) in [4.78, 5) is 0. The molecule has 0 bridgehead atoms. The van der Waals surface area contributed by atoms with E-state index in [4.69, 9.17) is 5.48 Å². The summed E-state index contributed by atoms with van der Waals surface area (Å²) in [5.74, 6) is 0. The predicted octanol–water partition coefficient (Wildman–Crippen LogP) is 4.70. The Kier molecular flexibility index (Phi) is 2.61. The summed E-state index contributed by atoms with van der Waals surface area (Å²) in [6.07, 6.45) is 2.77. The summed E-state index contributed by atoms with van der Waals surface area (Å²) in [7, 11) is -1.59. The lowest BCUT2D eigenvalue weighted by molar-refractivity contribution is 0.949. The van der Waals surface area contributed by atoms with Gasteiger partial charge in [-0.25, -0.2) is 0 Å². The molecule has 0 amide bonds. The number of fused-ring (bicyclic) bond motifs is 1. The van der Waals surface area contributed by atoms with Crippen LogP contribution < -0.4 is 9.92 Å². The van der Waals surface area contributed by atoms with Gasteiger partial charge < -0.3 is 0 Å². The average Bonchev–Trinajstić information content (AvgIpc) is 3.16. The van der Waals surface area contributed by atoms with Crippen molar-refractivity contribution in [3.05, 3.63) is 24.3 Å². The Bertz CT molecular complexity index is 701. The van der Waals surface area contributed by atoms with Gasteiger partial charge in [-0.1, -0.05) is 34.0 Å². The van der Waals surface area contributed by atoms with Gasteiger partial charge in [-0.15, -0.1) is 11.3 Å². The second-order valence-corrected chi connectivity index (χ2v) is 10.3. The summed E-state index contributed by atoms with van der Waals surface area (Å²) >= 11 is 1.76. The van der Waals surface area contributed by atoms with Crippen LogP contribution in [-0.4, -0.2) is 24.6 Å². The Morgan fingerprint density at radius 1 is 0.895 bits per heavy atom. The Hall–Kier alpha value is 0.0400. The van der Waals surface area contributed by atoms with Crippen molar-refractivity contribution >= 4 is 47.2 Å². The smallest absolute Gasteiger partial charge is 0.0367 e. The third-order valence-corrected chi connectivity index (χ3v) is 10.2. The average molecular weight is 314 g/mol. The molecule has 1 aromatic heterocycles. The van der Waals surface area contributed by atoms with Gasteiger partial charge in [-0.3, -0.25) is 0 Å². The van der Waals surface area contributed by atoms with Crippen molar-refractivity contribution < 1.29 is 5.48 Å². The van der Waals surface area contributed by atoms with Crippen molar-refractivity contribution in [3.8, 4) is 0 Å². The standard InChI is InChI=1S/C16H20P2S/c1-2-8-14-13(7-1)15(17-9-3-4-10-17)16(19-14)18-11-5-6-12-18/h1-2,7-8H,3-6,9-12H2/i9T,10T,11T,12T/t9-,10?,11-,12?,17?,18?/m1/s1. The minimum absolute atomic E-state index is 0.134. The monoisotopic (exact) mass is 314 g/mol. The molecule has 1 aromatic carbocycles. The van der Waals surface area contributed by atoms with Gasteiger partial charge in [-0.05, 0) is 56.3 Å². The zero-order chi connectivity index (χ0) is 16.1. The van der Waals surface area contributed by atoms with Gasteiger partial charge in [0.25, 0.3) is 0 Å². The zero-order valence-corrected chi connectivity index (χ0v) is 13.4. The molecule has 0 saturated carbocycles. The summed E-state index contributed by atoms with van der Waals surface area (Å²) in [6, 6.07) is 8.35. The van der Waals surface area contributed by atoms with Crippen LogP contribution in [0.5, 0.6) is 0 Å². The maximum absolute atomic E-state index is 8.47. The second kappa shape index (κ2) is 5.44. The molecule has 2 saturated heterocycles. The van der Waals surface area contributed by atoms with Gasteiger partial charge >= 0.3 is 0 Å². The fourth-order valence-corrected chi connectivity index (χ4v) is 9.79. The van der Waals surface area contributed by atoms with Crippen LogP contribution in [0, 0.1) is 0 Å². The van der Waals surface area contributed by atoms with Crippen LogP contribution in [0.3, 0.4) is 0 Å². The minimum atomic E-state index is -0.807. The van der Waals surface area contributed by atoms with Crippen molar-refractivity contribution in [1.82, 2.24) is 0 Å². The van der Waals surface area contributed by atoms with Gasteiger partial charge in [0.15, 0.2) is 0 Å². The number of hydrogen-bond donors (Lipinski definition) is 0. The molecule has 4 unspecified atom stereocenters. The van der Waals surface area contributed by atoms with Gasteiger partial charge in [0.05, 0.1) is 0 Å².